The SMILES string of the molecule is Cc1nc(NCC2CCN(C)CC2)ccc1Nc1ncc2c(n1)-c1ccc(Cl)cc1NC(=S)C2. The lowest BCUT2D eigenvalue weighted by Gasteiger charge is -2.29. The van der Waals surface area contributed by atoms with Gasteiger partial charge in [-0.1, -0.05) is 23.8 Å². The third-order valence-electron chi connectivity index (χ3n) is 6.47. The maximum atomic E-state index is 6.20. The van der Waals surface area contributed by atoms with Crippen LogP contribution in [0.2, 0.25) is 5.02 Å². The third kappa shape index (κ3) is 5.14. The van der Waals surface area contributed by atoms with E-state index < -0.39 is 0 Å². The van der Waals surface area contributed by atoms with Gasteiger partial charge in [-0.15, -0.1) is 0 Å². The normalized spacial score (nSPS) is 16.3. The summed E-state index contributed by atoms with van der Waals surface area (Å²) in [5.74, 6) is 2.11. The molecule has 2 aromatic heterocycles. The molecule has 0 amide bonds. The second-order valence-electron chi connectivity index (χ2n) is 9.06. The number of nitrogens with one attached hydrogen (secondary N) is 3. The molecule has 0 radical (unpaired) electrons. The molecule has 5 rings (SSSR count). The fraction of sp³-hybridized carbons (Fsp3) is 0.360. The van der Waals surface area contributed by atoms with E-state index in [0.29, 0.717) is 23.3 Å². The van der Waals surface area contributed by atoms with E-state index in [2.05, 4.69) is 32.9 Å². The predicted octanol–water partition coefficient (Wildman–Crippen LogP) is 5.29. The first kappa shape index (κ1) is 23.0. The molecule has 3 aromatic rings. The van der Waals surface area contributed by atoms with Gasteiger partial charge in [-0.25, -0.2) is 15.0 Å². The predicted molar refractivity (Wildman–Crippen MR) is 143 cm³/mol. The minimum absolute atomic E-state index is 0.518. The van der Waals surface area contributed by atoms with E-state index in [4.69, 9.17) is 33.8 Å². The smallest absolute Gasteiger partial charge is 0.227 e. The number of aryl methyl sites for hydroxylation is 1. The Labute approximate surface area is 210 Å². The van der Waals surface area contributed by atoms with Crippen molar-refractivity contribution in [2.24, 2.45) is 5.92 Å². The van der Waals surface area contributed by atoms with Gasteiger partial charge in [0, 0.05) is 41.0 Å². The van der Waals surface area contributed by atoms with Crippen LogP contribution < -0.4 is 16.0 Å². The monoisotopic (exact) mass is 493 g/mol. The Morgan fingerprint density at radius 1 is 1.18 bits per heavy atom. The molecule has 2 aliphatic rings. The fourth-order valence-electron chi connectivity index (χ4n) is 4.45. The molecule has 0 aliphatic carbocycles. The van der Waals surface area contributed by atoms with Crippen molar-refractivity contribution in [1.29, 1.82) is 0 Å². The van der Waals surface area contributed by atoms with Crippen LogP contribution in [0.5, 0.6) is 0 Å². The molecule has 1 saturated heterocycles. The highest BCUT2D eigenvalue weighted by molar-refractivity contribution is 7.80. The highest BCUT2D eigenvalue weighted by atomic mass is 35.5. The highest BCUT2D eigenvalue weighted by Crippen LogP contribution is 2.35. The molecule has 3 N–H and O–H groups in total. The Kier molecular flexibility index (Phi) is 6.63. The summed E-state index contributed by atoms with van der Waals surface area (Å²) in [6.45, 7) is 5.29. The van der Waals surface area contributed by atoms with Gasteiger partial charge in [0.25, 0.3) is 0 Å². The minimum Gasteiger partial charge on any atom is -0.370 e. The van der Waals surface area contributed by atoms with Crippen molar-refractivity contribution in [3.05, 3.63) is 52.8 Å². The molecule has 0 unspecified atom stereocenters. The van der Waals surface area contributed by atoms with Crippen molar-refractivity contribution in [3.63, 3.8) is 0 Å². The number of rotatable bonds is 5. The molecule has 1 aromatic carbocycles. The lowest BCUT2D eigenvalue weighted by atomic mass is 9.97. The molecule has 0 saturated carbocycles. The number of nitrogens with zero attached hydrogens (tertiary/aromatic N) is 4. The molecule has 4 heterocycles. The van der Waals surface area contributed by atoms with Gasteiger partial charge in [0.1, 0.15) is 5.82 Å². The number of likely N-dealkylation sites (tertiary alicyclic amines) is 1. The van der Waals surface area contributed by atoms with Gasteiger partial charge in [0.2, 0.25) is 5.95 Å². The quantitative estimate of drug-likeness (QED) is 0.414. The maximum Gasteiger partial charge on any atom is 0.227 e. The van der Waals surface area contributed by atoms with Crippen LogP contribution in [0.3, 0.4) is 0 Å². The van der Waals surface area contributed by atoms with Crippen molar-refractivity contribution in [1.82, 2.24) is 19.9 Å². The fourth-order valence-corrected chi connectivity index (χ4v) is 4.89. The lowest BCUT2D eigenvalue weighted by molar-refractivity contribution is 0.226. The largest absolute Gasteiger partial charge is 0.370 e. The summed E-state index contributed by atoms with van der Waals surface area (Å²) in [5.41, 5.74) is 5.41. The van der Waals surface area contributed by atoms with Gasteiger partial charge in [-0.2, -0.15) is 0 Å². The minimum atomic E-state index is 0.518. The summed E-state index contributed by atoms with van der Waals surface area (Å²) < 4.78 is 0. The molecule has 2 aliphatic heterocycles. The number of thiocarbonyl (C=S) groups is 1. The van der Waals surface area contributed by atoms with Crippen LogP contribution >= 0.6 is 23.8 Å². The molecule has 0 bridgehead atoms. The zero-order valence-electron chi connectivity index (χ0n) is 19.4. The number of halogens is 1. The van der Waals surface area contributed by atoms with Gasteiger partial charge >= 0.3 is 0 Å². The summed E-state index contributed by atoms with van der Waals surface area (Å²) in [6, 6.07) is 9.73. The first-order valence-electron chi connectivity index (χ1n) is 11.6. The summed E-state index contributed by atoms with van der Waals surface area (Å²) in [7, 11) is 2.19. The van der Waals surface area contributed by atoms with E-state index >= 15 is 0 Å². The Morgan fingerprint density at radius 2 is 2.00 bits per heavy atom. The average molecular weight is 494 g/mol. The zero-order chi connectivity index (χ0) is 23.7. The zero-order valence-corrected chi connectivity index (χ0v) is 20.9. The van der Waals surface area contributed by atoms with Crippen molar-refractivity contribution >= 4 is 51.9 Å². The Hall–Kier alpha value is -2.81. The van der Waals surface area contributed by atoms with E-state index in [9.17, 15) is 0 Å². The second-order valence-corrected chi connectivity index (χ2v) is 9.99. The van der Waals surface area contributed by atoms with Crippen LogP contribution in [0.4, 0.5) is 23.1 Å². The maximum absolute atomic E-state index is 6.20. The number of hydrogen-bond donors (Lipinski definition) is 3. The van der Waals surface area contributed by atoms with Crippen LogP contribution in [-0.2, 0) is 6.42 Å². The first-order valence-corrected chi connectivity index (χ1v) is 12.4. The van der Waals surface area contributed by atoms with Gasteiger partial charge in [-0.3, -0.25) is 0 Å². The van der Waals surface area contributed by atoms with Crippen molar-refractivity contribution < 1.29 is 0 Å². The number of anilines is 4. The standard InChI is InChI=1S/C25H28ClN7S/c1-15-20(5-6-22(29-15)27-13-16-7-9-33(2)10-8-16)31-25-28-14-17-11-23(34)30-21-12-18(26)3-4-19(21)24(17)32-25/h3-6,12,14,16H,7-11,13H2,1-2H3,(H,27,29)(H,30,34)(H,28,31,32). The summed E-state index contributed by atoms with van der Waals surface area (Å²) in [6.07, 6.45) is 4.87. The molecule has 0 spiro atoms. The topological polar surface area (TPSA) is 78.0 Å². The first-order chi connectivity index (χ1) is 16.4. The van der Waals surface area contributed by atoms with Crippen LogP contribution in [0.15, 0.2) is 36.5 Å². The van der Waals surface area contributed by atoms with Gasteiger partial charge in [0.15, 0.2) is 0 Å². The molecule has 0 atom stereocenters. The number of aromatic nitrogens is 3. The van der Waals surface area contributed by atoms with E-state index in [-0.39, 0.29) is 0 Å². The Balaban J connectivity index is 1.32. The van der Waals surface area contributed by atoms with Crippen LogP contribution in [0.25, 0.3) is 11.3 Å². The van der Waals surface area contributed by atoms with E-state index in [1.807, 2.05) is 43.5 Å². The van der Waals surface area contributed by atoms with Crippen LogP contribution in [0.1, 0.15) is 24.1 Å². The van der Waals surface area contributed by atoms with Crippen molar-refractivity contribution in [2.45, 2.75) is 26.2 Å². The number of piperidine rings is 1. The molecule has 176 valence electrons. The highest BCUT2D eigenvalue weighted by Gasteiger charge is 2.20. The number of hydrogen-bond acceptors (Lipinski definition) is 7. The summed E-state index contributed by atoms with van der Waals surface area (Å²) >= 11 is 11.7. The van der Waals surface area contributed by atoms with Gasteiger partial charge < -0.3 is 20.9 Å². The third-order valence-corrected chi connectivity index (χ3v) is 6.95. The number of pyridine rings is 1. The van der Waals surface area contributed by atoms with E-state index in [1.54, 1.807) is 0 Å². The molecule has 9 heteroatoms. The van der Waals surface area contributed by atoms with Crippen molar-refractivity contribution in [3.8, 4) is 11.3 Å². The second kappa shape index (κ2) is 9.82. The molecular formula is C25H28ClN7S. The number of benzene rings is 1. The van der Waals surface area contributed by atoms with E-state index in [0.717, 1.165) is 51.2 Å². The van der Waals surface area contributed by atoms with Gasteiger partial charge in [-0.05, 0) is 76.2 Å². The average Bonchev–Trinajstić information content (AvgIpc) is 2.95. The van der Waals surface area contributed by atoms with Crippen molar-refractivity contribution in [2.75, 3.05) is 42.6 Å². The molecule has 1 fully saturated rings. The van der Waals surface area contributed by atoms with Gasteiger partial charge in [0.05, 0.1) is 22.1 Å². The molecular weight excluding hydrogens is 466 g/mol. The lowest BCUT2D eigenvalue weighted by Crippen LogP contribution is -2.33. The molecule has 7 nitrogen and oxygen atoms in total. The summed E-state index contributed by atoms with van der Waals surface area (Å²) in [5, 5.41) is 10.8. The number of fused-ring (bicyclic) bond motifs is 3. The van der Waals surface area contributed by atoms with E-state index in [1.165, 1.54) is 25.9 Å². The Bertz CT molecular complexity index is 1220. The Morgan fingerprint density at radius 3 is 2.79 bits per heavy atom. The molecule has 34 heavy (non-hydrogen) atoms. The van der Waals surface area contributed by atoms with Crippen LogP contribution in [-0.4, -0.2) is 51.5 Å². The summed E-state index contributed by atoms with van der Waals surface area (Å²) in [4.78, 5) is 17.2. The van der Waals surface area contributed by atoms with Crippen LogP contribution in [0, 0.1) is 12.8 Å².